The number of nitrogens with zero attached hydrogens (tertiary/aromatic N) is 2. The molecule has 0 amide bonds. The Kier molecular flexibility index (Phi) is 5.50. The fraction of sp³-hybridized carbons (Fsp3) is 0.615. The maximum Gasteiger partial charge on any atom is 0.246 e. The van der Waals surface area contributed by atoms with Gasteiger partial charge in [0.1, 0.15) is 10.7 Å². The summed E-state index contributed by atoms with van der Waals surface area (Å²) in [6, 6.07) is 3.11. The summed E-state index contributed by atoms with van der Waals surface area (Å²) in [6.45, 7) is 7.68. The molecule has 1 aromatic rings. The van der Waals surface area contributed by atoms with E-state index >= 15 is 0 Å². The number of anilines is 1. The summed E-state index contributed by atoms with van der Waals surface area (Å²) in [4.78, 5) is 4.20. The molecule has 7 heteroatoms. The van der Waals surface area contributed by atoms with Crippen LogP contribution in [0.3, 0.4) is 0 Å². The van der Waals surface area contributed by atoms with Crippen molar-refractivity contribution in [2.75, 3.05) is 25.0 Å². The van der Waals surface area contributed by atoms with Gasteiger partial charge in [0.15, 0.2) is 0 Å². The van der Waals surface area contributed by atoms with Gasteiger partial charge in [-0.25, -0.2) is 13.4 Å². The first kappa shape index (κ1) is 16.9. The molecular weight excluding hydrogens is 278 g/mol. The molecule has 0 aromatic carbocycles. The topological polar surface area (TPSA) is 82.5 Å². The Hall–Kier alpha value is -1.18. The molecule has 1 heterocycles. The largest absolute Gasteiger partial charge is 0.389 e. The third-order valence-corrected chi connectivity index (χ3v) is 4.60. The van der Waals surface area contributed by atoms with Crippen molar-refractivity contribution in [3.63, 3.8) is 0 Å². The van der Waals surface area contributed by atoms with Gasteiger partial charge in [0.2, 0.25) is 10.0 Å². The standard InChI is InChI=1S/C13H23N3O3S/c1-5-14-12-11(8-7-9-15-12)20(18,19)16(6-2)10-13(3,4)17/h7-9,17H,5-6,10H2,1-4H3,(H,14,15). The molecule has 114 valence electrons. The molecule has 0 saturated carbocycles. The molecule has 0 spiro atoms. The lowest BCUT2D eigenvalue weighted by molar-refractivity contribution is 0.0601. The van der Waals surface area contributed by atoms with Crippen LogP contribution in [0.1, 0.15) is 27.7 Å². The van der Waals surface area contributed by atoms with Crippen molar-refractivity contribution in [2.24, 2.45) is 0 Å². The molecular formula is C13H23N3O3S. The van der Waals surface area contributed by atoms with E-state index in [1.54, 1.807) is 33.0 Å². The molecule has 0 atom stereocenters. The molecule has 1 rings (SSSR count). The predicted octanol–water partition coefficient (Wildman–Crippen LogP) is 1.29. The second-order valence-electron chi connectivity index (χ2n) is 5.12. The van der Waals surface area contributed by atoms with Crippen molar-refractivity contribution in [2.45, 2.75) is 38.2 Å². The fourth-order valence-electron chi connectivity index (χ4n) is 1.84. The van der Waals surface area contributed by atoms with Crippen LogP contribution in [0.5, 0.6) is 0 Å². The number of sulfonamides is 1. The summed E-state index contributed by atoms with van der Waals surface area (Å²) < 4.78 is 26.6. The van der Waals surface area contributed by atoms with Gasteiger partial charge >= 0.3 is 0 Å². The third kappa shape index (κ3) is 4.16. The number of hydrogen-bond acceptors (Lipinski definition) is 5. The molecule has 0 fully saturated rings. The minimum Gasteiger partial charge on any atom is -0.389 e. The third-order valence-electron chi connectivity index (χ3n) is 2.65. The molecule has 0 unspecified atom stereocenters. The minimum absolute atomic E-state index is 0.0340. The Morgan fingerprint density at radius 3 is 2.55 bits per heavy atom. The first-order valence-corrected chi connectivity index (χ1v) is 8.07. The highest BCUT2D eigenvalue weighted by molar-refractivity contribution is 7.89. The second kappa shape index (κ2) is 6.51. The number of hydrogen-bond donors (Lipinski definition) is 2. The SMILES string of the molecule is CCNc1ncccc1S(=O)(=O)N(CC)CC(C)(C)O. The monoisotopic (exact) mass is 301 g/mol. The minimum atomic E-state index is -3.69. The van der Waals surface area contributed by atoms with Gasteiger partial charge in [0.25, 0.3) is 0 Å². The molecule has 1 aromatic heterocycles. The van der Waals surface area contributed by atoms with Gasteiger partial charge in [-0.05, 0) is 32.9 Å². The highest BCUT2D eigenvalue weighted by Gasteiger charge is 2.30. The normalized spacial score (nSPS) is 12.7. The predicted molar refractivity (Wildman–Crippen MR) is 79.1 cm³/mol. The Morgan fingerprint density at radius 1 is 1.40 bits per heavy atom. The smallest absolute Gasteiger partial charge is 0.246 e. The lowest BCUT2D eigenvalue weighted by atomic mass is 10.1. The van der Waals surface area contributed by atoms with E-state index < -0.39 is 15.6 Å². The highest BCUT2D eigenvalue weighted by atomic mass is 32.2. The Bertz CT molecular complexity index is 538. The zero-order valence-corrected chi connectivity index (χ0v) is 13.2. The highest BCUT2D eigenvalue weighted by Crippen LogP contribution is 2.23. The molecule has 0 aliphatic rings. The lowest BCUT2D eigenvalue weighted by Gasteiger charge is -2.27. The summed E-state index contributed by atoms with van der Waals surface area (Å²) in [6.07, 6.45) is 1.54. The summed E-state index contributed by atoms with van der Waals surface area (Å²) in [5, 5.41) is 12.8. The fourth-order valence-corrected chi connectivity index (χ4v) is 3.56. The van der Waals surface area contributed by atoms with Crippen molar-refractivity contribution in [1.29, 1.82) is 0 Å². The zero-order chi connectivity index (χ0) is 15.4. The molecule has 0 bridgehead atoms. The van der Waals surface area contributed by atoms with Gasteiger partial charge in [0, 0.05) is 25.8 Å². The number of nitrogens with one attached hydrogen (secondary N) is 1. The van der Waals surface area contributed by atoms with Gasteiger partial charge in [-0.2, -0.15) is 4.31 Å². The molecule has 0 aliphatic heterocycles. The van der Waals surface area contributed by atoms with Crippen molar-refractivity contribution in [1.82, 2.24) is 9.29 Å². The second-order valence-corrected chi connectivity index (χ2v) is 7.03. The van der Waals surface area contributed by atoms with E-state index in [9.17, 15) is 13.5 Å². The van der Waals surface area contributed by atoms with Crippen LogP contribution >= 0.6 is 0 Å². The Labute approximate surface area is 120 Å². The summed E-state index contributed by atoms with van der Waals surface area (Å²) in [7, 11) is -3.69. The number of aliphatic hydroxyl groups is 1. The van der Waals surface area contributed by atoms with Crippen LogP contribution in [0, 0.1) is 0 Å². The number of pyridine rings is 1. The van der Waals surface area contributed by atoms with Gasteiger partial charge < -0.3 is 10.4 Å². The Balaban J connectivity index is 3.21. The van der Waals surface area contributed by atoms with E-state index in [0.717, 1.165) is 0 Å². The van der Waals surface area contributed by atoms with Crippen molar-refractivity contribution in [3.8, 4) is 0 Å². The van der Waals surface area contributed by atoms with E-state index in [4.69, 9.17) is 0 Å². The van der Waals surface area contributed by atoms with Gasteiger partial charge in [0.05, 0.1) is 5.60 Å². The molecule has 6 nitrogen and oxygen atoms in total. The van der Waals surface area contributed by atoms with Crippen LogP contribution in [0.15, 0.2) is 23.2 Å². The van der Waals surface area contributed by atoms with Crippen LogP contribution in [0.25, 0.3) is 0 Å². The van der Waals surface area contributed by atoms with Crippen LogP contribution in [0.4, 0.5) is 5.82 Å². The first-order valence-electron chi connectivity index (χ1n) is 6.63. The van der Waals surface area contributed by atoms with E-state index in [-0.39, 0.29) is 18.0 Å². The van der Waals surface area contributed by atoms with Gasteiger partial charge in [-0.3, -0.25) is 0 Å². The molecule has 2 N–H and O–H groups in total. The van der Waals surface area contributed by atoms with Gasteiger partial charge in [-0.1, -0.05) is 6.92 Å². The van der Waals surface area contributed by atoms with E-state index in [1.807, 2.05) is 6.92 Å². The van der Waals surface area contributed by atoms with Gasteiger partial charge in [-0.15, -0.1) is 0 Å². The number of aromatic nitrogens is 1. The lowest BCUT2D eigenvalue weighted by Crippen LogP contribution is -2.42. The molecule has 0 radical (unpaired) electrons. The number of rotatable bonds is 7. The summed E-state index contributed by atoms with van der Waals surface area (Å²) in [5.41, 5.74) is -1.09. The molecule has 0 aliphatic carbocycles. The first-order chi connectivity index (χ1) is 9.22. The summed E-state index contributed by atoms with van der Waals surface area (Å²) >= 11 is 0. The number of likely N-dealkylation sites (N-methyl/N-ethyl adjacent to an activating group) is 1. The van der Waals surface area contributed by atoms with Crippen LogP contribution in [0.2, 0.25) is 0 Å². The maximum absolute atomic E-state index is 12.7. The van der Waals surface area contributed by atoms with E-state index in [2.05, 4.69) is 10.3 Å². The van der Waals surface area contributed by atoms with Crippen LogP contribution < -0.4 is 5.32 Å². The summed E-state index contributed by atoms with van der Waals surface area (Å²) in [5.74, 6) is 0.337. The maximum atomic E-state index is 12.7. The van der Waals surface area contributed by atoms with Crippen molar-refractivity contribution >= 4 is 15.8 Å². The average Bonchev–Trinajstić information content (AvgIpc) is 2.35. The van der Waals surface area contributed by atoms with E-state index in [0.29, 0.717) is 12.4 Å². The van der Waals surface area contributed by atoms with E-state index in [1.165, 1.54) is 10.4 Å². The van der Waals surface area contributed by atoms with Crippen molar-refractivity contribution in [3.05, 3.63) is 18.3 Å². The van der Waals surface area contributed by atoms with Crippen molar-refractivity contribution < 1.29 is 13.5 Å². The quantitative estimate of drug-likeness (QED) is 0.793. The van der Waals surface area contributed by atoms with Crippen LogP contribution in [-0.4, -0.2) is 48.0 Å². The van der Waals surface area contributed by atoms with Crippen LogP contribution in [-0.2, 0) is 10.0 Å². The molecule has 0 saturated heterocycles. The molecule has 20 heavy (non-hydrogen) atoms. The average molecular weight is 301 g/mol. The Morgan fingerprint density at radius 2 is 2.05 bits per heavy atom. The zero-order valence-electron chi connectivity index (χ0n) is 12.4.